The molecule has 2 heterocycles. The molecule has 0 radical (unpaired) electrons. The minimum absolute atomic E-state index is 0.129. The molecule has 0 N–H and O–H groups in total. The standard InChI is InChI=1S/C14H18N2O7/c1-8(17)20-6-11-12(21-9(2)18)13(22-10(3)19)14(23-11)16-5-4-15-7-16/h4-5,7,11-14H,6H2,1-3H3/t11-,12-,13-,14-/m1/s1. The van der Waals surface area contributed by atoms with Crippen LogP contribution in [0.4, 0.5) is 0 Å². The quantitative estimate of drug-likeness (QED) is 0.558. The molecule has 9 heteroatoms. The molecule has 0 unspecified atom stereocenters. The summed E-state index contributed by atoms with van der Waals surface area (Å²) in [6.07, 6.45) is 1.36. The molecule has 0 aromatic carbocycles. The molecule has 4 atom stereocenters. The van der Waals surface area contributed by atoms with Crippen LogP contribution in [0.25, 0.3) is 0 Å². The molecule has 23 heavy (non-hydrogen) atoms. The first kappa shape index (κ1) is 16.9. The van der Waals surface area contributed by atoms with E-state index in [0.717, 1.165) is 0 Å². The van der Waals surface area contributed by atoms with Gasteiger partial charge in [-0.3, -0.25) is 14.4 Å². The van der Waals surface area contributed by atoms with Crippen molar-refractivity contribution in [3.8, 4) is 0 Å². The van der Waals surface area contributed by atoms with Gasteiger partial charge < -0.3 is 23.5 Å². The highest BCUT2D eigenvalue weighted by molar-refractivity contribution is 5.67. The molecule has 9 nitrogen and oxygen atoms in total. The van der Waals surface area contributed by atoms with E-state index in [1.807, 2.05) is 0 Å². The Morgan fingerprint density at radius 1 is 1.09 bits per heavy atom. The number of ether oxygens (including phenoxy) is 4. The molecule has 1 aromatic heterocycles. The van der Waals surface area contributed by atoms with E-state index in [2.05, 4.69) is 4.98 Å². The third-order valence-corrected chi connectivity index (χ3v) is 3.16. The molecule has 1 fully saturated rings. The van der Waals surface area contributed by atoms with Crippen LogP contribution in [0.3, 0.4) is 0 Å². The molecule has 0 spiro atoms. The van der Waals surface area contributed by atoms with Gasteiger partial charge in [-0.05, 0) is 0 Å². The van der Waals surface area contributed by atoms with E-state index in [0.29, 0.717) is 0 Å². The van der Waals surface area contributed by atoms with Crippen LogP contribution < -0.4 is 0 Å². The maximum Gasteiger partial charge on any atom is 0.303 e. The minimum atomic E-state index is -0.900. The van der Waals surface area contributed by atoms with Gasteiger partial charge in [0.25, 0.3) is 0 Å². The second-order valence-corrected chi connectivity index (χ2v) is 5.03. The average molecular weight is 326 g/mol. The monoisotopic (exact) mass is 326 g/mol. The summed E-state index contributed by atoms with van der Waals surface area (Å²) in [6.45, 7) is 3.61. The van der Waals surface area contributed by atoms with E-state index in [1.165, 1.54) is 33.3 Å². The Labute approximate surface area is 132 Å². The van der Waals surface area contributed by atoms with Gasteiger partial charge in [0.05, 0.1) is 6.33 Å². The topological polar surface area (TPSA) is 106 Å². The van der Waals surface area contributed by atoms with E-state index in [9.17, 15) is 14.4 Å². The highest BCUT2D eigenvalue weighted by Gasteiger charge is 2.50. The zero-order chi connectivity index (χ0) is 17.0. The molecular formula is C14H18N2O7. The predicted molar refractivity (Wildman–Crippen MR) is 73.9 cm³/mol. The third-order valence-electron chi connectivity index (χ3n) is 3.16. The van der Waals surface area contributed by atoms with Crippen LogP contribution in [0.1, 0.15) is 27.0 Å². The summed E-state index contributed by atoms with van der Waals surface area (Å²) in [5.41, 5.74) is 0. The summed E-state index contributed by atoms with van der Waals surface area (Å²) in [5, 5.41) is 0. The van der Waals surface area contributed by atoms with Gasteiger partial charge in [0.2, 0.25) is 0 Å². The lowest BCUT2D eigenvalue weighted by Gasteiger charge is -2.23. The molecule has 0 amide bonds. The summed E-state index contributed by atoms with van der Waals surface area (Å²) in [4.78, 5) is 37.7. The number of carbonyl (C=O) groups is 3. The normalized spacial score (nSPS) is 26.6. The number of imidazole rings is 1. The van der Waals surface area contributed by atoms with Crippen molar-refractivity contribution in [2.75, 3.05) is 6.61 Å². The fourth-order valence-corrected chi connectivity index (χ4v) is 2.35. The zero-order valence-electron chi connectivity index (χ0n) is 13.0. The SMILES string of the molecule is CC(=O)OC[C@H]1O[C@@H](n2ccnc2)[C@H](OC(C)=O)[C@@H]1OC(C)=O. The van der Waals surface area contributed by atoms with Crippen LogP contribution >= 0.6 is 0 Å². The molecular weight excluding hydrogens is 308 g/mol. The van der Waals surface area contributed by atoms with E-state index >= 15 is 0 Å². The Morgan fingerprint density at radius 3 is 2.26 bits per heavy atom. The molecule has 1 aliphatic rings. The van der Waals surface area contributed by atoms with Crippen LogP contribution in [-0.4, -0.2) is 52.4 Å². The molecule has 1 aromatic rings. The summed E-state index contributed by atoms with van der Waals surface area (Å²) < 4.78 is 22.8. The lowest BCUT2D eigenvalue weighted by molar-refractivity contribution is -0.166. The second kappa shape index (κ2) is 7.23. The van der Waals surface area contributed by atoms with Gasteiger partial charge in [0.15, 0.2) is 18.4 Å². The van der Waals surface area contributed by atoms with Gasteiger partial charge in [0, 0.05) is 33.2 Å². The van der Waals surface area contributed by atoms with Crippen molar-refractivity contribution in [2.45, 2.75) is 45.3 Å². The van der Waals surface area contributed by atoms with Crippen molar-refractivity contribution in [3.05, 3.63) is 18.7 Å². The summed E-state index contributed by atoms with van der Waals surface area (Å²) in [7, 11) is 0. The van der Waals surface area contributed by atoms with Crippen molar-refractivity contribution < 1.29 is 33.3 Å². The lowest BCUT2D eigenvalue weighted by Crippen LogP contribution is -2.40. The van der Waals surface area contributed by atoms with Gasteiger partial charge in [-0.1, -0.05) is 0 Å². The number of nitrogens with zero attached hydrogens (tertiary/aromatic N) is 2. The van der Waals surface area contributed by atoms with Gasteiger partial charge in [-0.15, -0.1) is 0 Å². The van der Waals surface area contributed by atoms with Crippen molar-refractivity contribution >= 4 is 17.9 Å². The first-order chi connectivity index (χ1) is 10.9. The van der Waals surface area contributed by atoms with Crippen LogP contribution in [0, 0.1) is 0 Å². The van der Waals surface area contributed by atoms with Crippen molar-refractivity contribution in [2.24, 2.45) is 0 Å². The Hall–Kier alpha value is -2.42. The Bertz CT molecular complexity index is 572. The van der Waals surface area contributed by atoms with Crippen LogP contribution in [-0.2, 0) is 33.3 Å². The largest absolute Gasteiger partial charge is 0.463 e. The van der Waals surface area contributed by atoms with E-state index in [4.69, 9.17) is 18.9 Å². The number of carbonyl (C=O) groups excluding carboxylic acids is 3. The second-order valence-electron chi connectivity index (χ2n) is 5.03. The summed E-state index contributed by atoms with van der Waals surface area (Å²) in [6, 6.07) is 0. The third kappa shape index (κ3) is 4.28. The van der Waals surface area contributed by atoms with Crippen LogP contribution in [0.5, 0.6) is 0 Å². The molecule has 1 saturated heterocycles. The minimum Gasteiger partial charge on any atom is -0.463 e. The molecule has 0 saturated carbocycles. The van der Waals surface area contributed by atoms with Gasteiger partial charge in [-0.25, -0.2) is 4.98 Å². The van der Waals surface area contributed by atoms with E-state index in [-0.39, 0.29) is 6.61 Å². The average Bonchev–Trinajstić information content (AvgIpc) is 3.05. The maximum absolute atomic E-state index is 11.4. The fraction of sp³-hybridized carbons (Fsp3) is 0.571. The maximum atomic E-state index is 11.4. The Balaban J connectivity index is 2.25. The zero-order valence-corrected chi connectivity index (χ0v) is 13.0. The molecule has 1 aliphatic heterocycles. The Morgan fingerprint density at radius 2 is 1.74 bits per heavy atom. The number of hydrogen-bond acceptors (Lipinski definition) is 8. The number of rotatable bonds is 5. The smallest absolute Gasteiger partial charge is 0.303 e. The highest BCUT2D eigenvalue weighted by Crippen LogP contribution is 2.34. The number of aromatic nitrogens is 2. The van der Waals surface area contributed by atoms with Crippen LogP contribution in [0.2, 0.25) is 0 Å². The van der Waals surface area contributed by atoms with E-state index in [1.54, 1.807) is 10.8 Å². The van der Waals surface area contributed by atoms with Crippen LogP contribution in [0.15, 0.2) is 18.7 Å². The highest BCUT2D eigenvalue weighted by atomic mass is 16.7. The van der Waals surface area contributed by atoms with Gasteiger partial charge >= 0.3 is 17.9 Å². The lowest BCUT2D eigenvalue weighted by atomic mass is 10.1. The molecule has 0 aliphatic carbocycles. The number of hydrogen-bond donors (Lipinski definition) is 0. The van der Waals surface area contributed by atoms with Gasteiger partial charge in [-0.2, -0.15) is 0 Å². The first-order valence-corrected chi connectivity index (χ1v) is 6.99. The summed E-state index contributed by atoms with van der Waals surface area (Å²) in [5.74, 6) is -1.60. The fourth-order valence-electron chi connectivity index (χ4n) is 2.35. The molecule has 0 bridgehead atoms. The van der Waals surface area contributed by atoms with E-state index < -0.39 is 42.4 Å². The predicted octanol–water partition coefficient (Wildman–Crippen LogP) is 0.207. The number of esters is 3. The van der Waals surface area contributed by atoms with Crippen molar-refractivity contribution in [3.63, 3.8) is 0 Å². The van der Waals surface area contributed by atoms with Crippen molar-refractivity contribution in [1.29, 1.82) is 0 Å². The molecule has 2 rings (SSSR count). The van der Waals surface area contributed by atoms with Gasteiger partial charge in [0.1, 0.15) is 12.7 Å². The molecule has 126 valence electrons. The van der Waals surface area contributed by atoms with Crippen molar-refractivity contribution in [1.82, 2.24) is 9.55 Å². The Kier molecular flexibility index (Phi) is 5.32. The summed E-state index contributed by atoms with van der Waals surface area (Å²) >= 11 is 0. The first-order valence-electron chi connectivity index (χ1n) is 6.99.